The summed E-state index contributed by atoms with van der Waals surface area (Å²) in [6.45, 7) is 4.20. The van der Waals surface area contributed by atoms with Gasteiger partial charge < -0.3 is 9.88 Å². The van der Waals surface area contributed by atoms with Crippen LogP contribution in [-0.4, -0.2) is 27.8 Å². The molecule has 2 aromatic carbocycles. The summed E-state index contributed by atoms with van der Waals surface area (Å²) >= 11 is 0. The molecular formula is C21H21N3O2. The molecule has 0 bridgehead atoms. The lowest BCUT2D eigenvalue weighted by Gasteiger charge is -2.11. The molecule has 0 saturated heterocycles. The lowest BCUT2D eigenvalue weighted by molar-refractivity contribution is -0.118. The highest BCUT2D eigenvalue weighted by Crippen LogP contribution is 2.31. The molecule has 5 heteroatoms. The second kappa shape index (κ2) is 7.78. The van der Waals surface area contributed by atoms with Gasteiger partial charge >= 0.3 is 0 Å². The van der Waals surface area contributed by atoms with Crippen LogP contribution in [0.2, 0.25) is 0 Å². The van der Waals surface area contributed by atoms with Crippen LogP contribution in [-0.2, 0) is 11.3 Å². The highest BCUT2D eigenvalue weighted by Gasteiger charge is 2.15. The van der Waals surface area contributed by atoms with Crippen LogP contribution in [0.4, 0.5) is 0 Å². The molecule has 1 heterocycles. The maximum absolute atomic E-state index is 11.5. The molecule has 0 spiro atoms. The van der Waals surface area contributed by atoms with E-state index < -0.39 is 0 Å². The fourth-order valence-corrected chi connectivity index (χ4v) is 2.88. The van der Waals surface area contributed by atoms with Crippen molar-refractivity contribution in [2.45, 2.75) is 20.4 Å². The van der Waals surface area contributed by atoms with E-state index in [1.54, 1.807) is 13.3 Å². The van der Waals surface area contributed by atoms with Crippen LogP contribution in [0, 0.1) is 0 Å². The Bertz CT molecular complexity index is 912. The van der Waals surface area contributed by atoms with Crippen LogP contribution < -0.4 is 5.32 Å². The lowest BCUT2D eigenvalue weighted by atomic mass is 10.0. The van der Waals surface area contributed by atoms with Gasteiger partial charge in [0.25, 0.3) is 0 Å². The zero-order valence-electron chi connectivity index (χ0n) is 14.9. The lowest BCUT2D eigenvalue weighted by Crippen LogP contribution is -2.24. The van der Waals surface area contributed by atoms with Gasteiger partial charge in [-0.05, 0) is 6.92 Å². The first-order valence-electron chi connectivity index (χ1n) is 8.52. The summed E-state index contributed by atoms with van der Waals surface area (Å²) in [4.78, 5) is 27.3. The SMILES string of the molecule is CC(=O)NCCn1cnc(-c2ccccc2)c1-c1ccc(C(C)=O)cc1. The Morgan fingerprint density at radius 1 is 0.962 bits per heavy atom. The Morgan fingerprint density at radius 3 is 2.27 bits per heavy atom. The van der Waals surface area contributed by atoms with Crippen LogP contribution in [0.1, 0.15) is 24.2 Å². The van der Waals surface area contributed by atoms with Gasteiger partial charge in [0.15, 0.2) is 5.78 Å². The topological polar surface area (TPSA) is 64.0 Å². The summed E-state index contributed by atoms with van der Waals surface area (Å²) in [5, 5.41) is 2.81. The third kappa shape index (κ3) is 3.88. The zero-order chi connectivity index (χ0) is 18.5. The summed E-state index contributed by atoms with van der Waals surface area (Å²) in [5.41, 5.74) is 4.53. The number of Topliss-reactive ketones (excluding diaryl/α,β-unsaturated/α-hetero) is 1. The fraction of sp³-hybridized carbons (Fsp3) is 0.190. The molecule has 0 fully saturated rings. The number of nitrogens with zero attached hydrogens (tertiary/aromatic N) is 2. The van der Waals surface area contributed by atoms with Crippen LogP contribution in [0.5, 0.6) is 0 Å². The first kappa shape index (κ1) is 17.6. The van der Waals surface area contributed by atoms with Gasteiger partial charge in [0, 0.05) is 36.7 Å². The number of hydrogen-bond donors (Lipinski definition) is 1. The summed E-state index contributed by atoms with van der Waals surface area (Å²) < 4.78 is 2.03. The van der Waals surface area contributed by atoms with Crippen molar-refractivity contribution in [3.05, 3.63) is 66.5 Å². The van der Waals surface area contributed by atoms with Crippen molar-refractivity contribution in [2.75, 3.05) is 6.54 Å². The van der Waals surface area contributed by atoms with E-state index in [-0.39, 0.29) is 11.7 Å². The summed E-state index contributed by atoms with van der Waals surface area (Å²) in [6, 6.07) is 17.5. The quantitative estimate of drug-likeness (QED) is 0.694. The zero-order valence-corrected chi connectivity index (χ0v) is 14.9. The molecule has 0 atom stereocenters. The van der Waals surface area contributed by atoms with Crippen LogP contribution >= 0.6 is 0 Å². The highest BCUT2D eigenvalue weighted by molar-refractivity contribution is 5.94. The Labute approximate surface area is 152 Å². The molecule has 0 aliphatic carbocycles. The first-order valence-corrected chi connectivity index (χ1v) is 8.52. The van der Waals surface area contributed by atoms with Gasteiger partial charge in [0.05, 0.1) is 17.7 Å². The number of ketones is 1. The predicted molar refractivity (Wildman–Crippen MR) is 102 cm³/mol. The third-order valence-electron chi connectivity index (χ3n) is 4.18. The standard InChI is InChI=1S/C21H21N3O2/c1-15(25)17-8-10-19(11-9-17)21-20(18-6-4-3-5-7-18)23-14-24(21)13-12-22-16(2)26/h3-11,14H,12-13H2,1-2H3,(H,22,26). The van der Waals surface area contributed by atoms with Crippen LogP contribution in [0.15, 0.2) is 60.9 Å². The number of aromatic nitrogens is 2. The van der Waals surface area contributed by atoms with Gasteiger partial charge in [-0.2, -0.15) is 0 Å². The molecule has 0 unspecified atom stereocenters. The number of benzene rings is 2. The van der Waals surface area contributed by atoms with Crippen LogP contribution in [0.25, 0.3) is 22.5 Å². The largest absolute Gasteiger partial charge is 0.355 e. The molecule has 132 valence electrons. The van der Waals surface area contributed by atoms with Crippen molar-refractivity contribution in [2.24, 2.45) is 0 Å². The Morgan fingerprint density at radius 2 is 1.65 bits per heavy atom. The number of carbonyl (C=O) groups is 2. The summed E-state index contributed by atoms with van der Waals surface area (Å²) in [5.74, 6) is -0.0141. The van der Waals surface area contributed by atoms with Crippen molar-refractivity contribution in [3.63, 3.8) is 0 Å². The Balaban J connectivity index is 2.02. The third-order valence-corrected chi connectivity index (χ3v) is 4.18. The van der Waals surface area contributed by atoms with Crippen molar-refractivity contribution in [3.8, 4) is 22.5 Å². The van der Waals surface area contributed by atoms with Gasteiger partial charge in [-0.1, -0.05) is 54.6 Å². The number of rotatable bonds is 6. The molecule has 1 N–H and O–H groups in total. The minimum Gasteiger partial charge on any atom is -0.355 e. The van der Waals surface area contributed by atoms with E-state index in [4.69, 9.17) is 0 Å². The monoisotopic (exact) mass is 347 g/mol. The van der Waals surface area contributed by atoms with E-state index in [2.05, 4.69) is 10.3 Å². The van der Waals surface area contributed by atoms with Gasteiger partial charge in [0.2, 0.25) is 5.91 Å². The Kier molecular flexibility index (Phi) is 5.27. The molecule has 1 amide bonds. The van der Waals surface area contributed by atoms with Gasteiger partial charge in [-0.3, -0.25) is 9.59 Å². The second-order valence-corrected chi connectivity index (χ2v) is 6.12. The highest BCUT2D eigenvalue weighted by atomic mass is 16.1. The Hall–Kier alpha value is -3.21. The number of amides is 1. The minimum absolute atomic E-state index is 0.0407. The van der Waals surface area contributed by atoms with E-state index in [0.717, 1.165) is 22.5 Å². The predicted octanol–water partition coefficient (Wildman–Crippen LogP) is 3.56. The summed E-state index contributed by atoms with van der Waals surface area (Å²) in [7, 11) is 0. The normalized spacial score (nSPS) is 10.5. The molecular weight excluding hydrogens is 326 g/mol. The number of hydrogen-bond acceptors (Lipinski definition) is 3. The van der Waals surface area contributed by atoms with E-state index >= 15 is 0 Å². The molecule has 26 heavy (non-hydrogen) atoms. The van der Waals surface area contributed by atoms with E-state index in [0.29, 0.717) is 18.7 Å². The molecule has 3 rings (SSSR count). The van der Waals surface area contributed by atoms with E-state index in [1.807, 2.05) is 59.2 Å². The van der Waals surface area contributed by atoms with Crippen molar-refractivity contribution in [1.29, 1.82) is 0 Å². The average molecular weight is 347 g/mol. The van der Waals surface area contributed by atoms with Crippen molar-refractivity contribution >= 4 is 11.7 Å². The molecule has 1 aromatic heterocycles. The molecule has 0 saturated carbocycles. The summed E-state index contributed by atoms with van der Waals surface area (Å²) in [6.07, 6.45) is 1.79. The number of carbonyl (C=O) groups excluding carboxylic acids is 2. The molecule has 5 nitrogen and oxygen atoms in total. The smallest absolute Gasteiger partial charge is 0.216 e. The number of nitrogens with one attached hydrogen (secondary N) is 1. The minimum atomic E-state index is -0.0549. The van der Waals surface area contributed by atoms with Gasteiger partial charge in [-0.25, -0.2) is 4.98 Å². The van der Waals surface area contributed by atoms with Crippen molar-refractivity contribution in [1.82, 2.24) is 14.9 Å². The fourth-order valence-electron chi connectivity index (χ4n) is 2.88. The van der Waals surface area contributed by atoms with E-state index in [1.165, 1.54) is 6.92 Å². The van der Waals surface area contributed by atoms with Gasteiger partial charge in [-0.15, -0.1) is 0 Å². The second-order valence-electron chi connectivity index (χ2n) is 6.12. The molecule has 0 aliphatic heterocycles. The van der Waals surface area contributed by atoms with Gasteiger partial charge in [0.1, 0.15) is 0 Å². The van der Waals surface area contributed by atoms with Crippen molar-refractivity contribution < 1.29 is 9.59 Å². The molecule has 0 radical (unpaired) electrons. The molecule has 0 aliphatic rings. The van der Waals surface area contributed by atoms with Crippen LogP contribution in [0.3, 0.4) is 0 Å². The maximum Gasteiger partial charge on any atom is 0.216 e. The number of imidazole rings is 1. The molecule has 3 aromatic rings. The first-order chi connectivity index (χ1) is 12.6. The van der Waals surface area contributed by atoms with E-state index in [9.17, 15) is 9.59 Å². The average Bonchev–Trinajstić information content (AvgIpc) is 3.06. The maximum atomic E-state index is 11.5.